The molecule has 0 spiro atoms. The summed E-state index contributed by atoms with van der Waals surface area (Å²) < 4.78 is 0. The number of rotatable bonds is 4. The fourth-order valence-electron chi connectivity index (χ4n) is 0.231. The van der Waals surface area contributed by atoms with Gasteiger partial charge in [-0.05, 0) is 19.1 Å². The number of hydrogen-bond donors (Lipinski definition) is 0. The Morgan fingerprint density at radius 3 is 1.85 bits per heavy atom. The maximum absolute atomic E-state index is 10.3. The predicted molar refractivity (Wildman–Crippen MR) is 59.6 cm³/mol. The van der Waals surface area contributed by atoms with E-state index in [9.17, 15) is 4.79 Å². The van der Waals surface area contributed by atoms with Gasteiger partial charge in [0.1, 0.15) is 0 Å². The van der Waals surface area contributed by atoms with Crippen molar-refractivity contribution in [1.29, 1.82) is 0 Å². The normalized spacial score (nSPS) is 8.08. The molecule has 0 saturated carbocycles. The van der Waals surface area contributed by atoms with Crippen molar-refractivity contribution in [2.24, 2.45) is 0 Å². The molecule has 1 heteroatoms. The molecular formula is C12H16O. The summed E-state index contributed by atoms with van der Waals surface area (Å²) in [6, 6.07) is 0. The van der Waals surface area contributed by atoms with Crippen LogP contribution < -0.4 is 0 Å². The molecule has 0 aliphatic heterocycles. The Bertz CT molecular complexity index is 232. The molecule has 0 aromatic carbocycles. The number of hydrogen-bond acceptors (Lipinski definition) is 1. The van der Waals surface area contributed by atoms with Gasteiger partial charge in [-0.1, -0.05) is 50.1 Å². The van der Waals surface area contributed by atoms with Crippen molar-refractivity contribution < 1.29 is 4.79 Å². The standard InChI is InChI=1S/C7H8O.C5H8/c1-3-5-6-7(8)4-2;1-4-5(2)3/h3-6H,1-2H2;4H,1-2H2,3H3. The van der Waals surface area contributed by atoms with Gasteiger partial charge in [-0.25, -0.2) is 0 Å². The molecule has 0 saturated heterocycles. The van der Waals surface area contributed by atoms with E-state index >= 15 is 0 Å². The first-order valence-corrected chi connectivity index (χ1v) is 3.82. The Hall–Kier alpha value is -1.63. The second kappa shape index (κ2) is 10.4. The molecule has 0 radical (unpaired) electrons. The van der Waals surface area contributed by atoms with Crippen molar-refractivity contribution in [2.75, 3.05) is 0 Å². The molecule has 0 fully saturated rings. The first-order chi connectivity index (χ1) is 6.08. The summed E-state index contributed by atoms with van der Waals surface area (Å²) in [7, 11) is 0. The zero-order valence-corrected chi connectivity index (χ0v) is 8.12. The molecule has 0 bridgehead atoms. The minimum atomic E-state index is -0.0927. The first kappa shape index (κ1) is 13.9. The maximum Gasteiger partial charge on any atom is 0.178 e. The van der Waals surface area contributed by atoms with E-state index in [0.717, 1.165) is 5.57 Å². The molecule has 0 unspecified atom stereocenters. The van der Waals surface area contributed by atoms with E-state index in [0.29, 0.717) is 0 Å². The summed E-state index contributed by atoms with van der Waals surface area (Å²) in [5, 5.41) is 0. The topological polar surface area (TPSA) is 17.1 Å². The van der Waals surface area contributed by atoms with Crippen LogP contribution in [0.25, 0.3) is 0 Å². The SMILES string of the molecule is C=CC(=C)C.C=CC=CC(=O)C=C. The summed E-state index contributed by atoms with van der Waals surface area (Å²) in [4.78, 5) is 10.3. The van der Waals surface area contributed by atoms with Gasteiger partial charge in [0, 0.05) is 0 Å². The third-order valence-corrected chi connectivity index (χ3v) is 0.946. The largest absolute Gasteiger partial charge is 0.290 e. The van der Waals surface area contributed by atoms with Gasteiger partial charge >= 0.3 is 0 Å². The van der Waals surface area contributed by atoms with Crippen LogP contribution in [0.5, 0.6) is 0 Å². The van der Waals surface area contributed by atoms with Gasteiger partial charge in [0.2, 0.25) is 0 Å². The Morgan fingerprint density at radius 1 is 1.15 bits per heavy atom. The smallest absolute Gasteiger partial charge is 0.178 e. The van der Waals surface area contributed by atoms with Crippen LogP contribution in [0.1, 0.15) is 6.92 Å². The van der Waals surface area contributed by atoms with Crippen molar-refractivity contribution in [2.45, 2.75) is 6.92 Å². The van der Waals surface area contributed by atoms with Crippen LogP contribution in [0.2, 0.25) is 0 Å². The van der Waals surface area contributed by atoms with Gasteiger partial charge in [-0.15, -0.1) is 0 Å². The van der Waals surface area contributed by atoms with Gasteiger partial charge in [-0.3, -0.25) is 4.79 Å². The van der Waals surface area contributed by atoms with Gasteiger partial charge < -0.3 is 0 Å². The van der Waals surface area contributed by atoms with Crippen molar-refractivity contribution >= 4 is 5.78 Å². The highest BCUT2D eigenvalue weighted by Gasteiger charge is 1.79. The molecule has 0 aromatic heterocycles. The van der Waals surface area contributed by atoms with E-state index in [1.165, 1.54) is 12.2 Å². The minimum absolute atomic E-state index is 0.0927. The summed E-state index contributed by atoms with van der Waals surface area (Å²) in [5.41, 5.74) is 1.02. The third kappa shape index (κ3) is 17.9. The van der Waals surface area contributed by atoms with E-state index in [1.54, 1.807) is 18.2 Å². The summed E-state index contributed by atoms with van der Waals surface area (Å²) in [6.07, 6.45) is 7.49. The molecule has 1 nitrogen and oxygen atoms in total. The average Bonchev–Trinajstić information content (AvgIpc) is 2.15. The van der Waals surface area contributed by atoms with Crippen LogP contribution in [-0.4, -0.2) is 5.78 Å². The average molecular weight is 176 g/mol. The molecular weight excluding hydrogens is 160 g/mol. The zero-order valence-electron chi connectivity index (χ0n) is 8.12. The van der Waals surface area contributed by atoms with E-state index in [-0.39, 0.29) is 5.78 Å². The molecule has 0 heterocycles. The van der Waals surface area contributed by atoms with Crippen LogP contribution in [0.15, 0.2) is 62.3 Å². The molecule has 0 aromatic rings. The lowest BCUT2D eigenvalue weighted by atomic mass is 10.3. The van der Waals surface area contributed by atoms with Gasteiger partial charge in [-0.2, -0.15) is 0 Å². The monoisotopic (exact) mass is 176 g/mol. The van der Waals surface area contributed by atoms with Crippen LogP contribution >= 0.6 is 0 Å². The number of carbonyl (C=O) groups is 1. The fourth-order valence-corrected chi connectivity index (χ4v) is 0.231. The van der Waals surface area contributed by atoms with Crippen molar-refractivity contribution in [3.05, 3.63) is 62.3 Å². The van der Waals surface area contributed by atoms with E-state index in [2.05, 4.69) is 26.3 Å². The third-order valence-electron chi connectivity index (χ3n) is 0.946. The number of ketones is 1. The highest BCUT2D eigenvalue weighted by molar-refractivity contribution is 5.98. The van der Waals surface area contributed by atoms with Crippen molar-refractivity contribution in [1.82, 2.24) is 0 Å². The second-order valence-corrected chi connectivity index (χ2v) is 2.25. The lowest BCUT2D eigenvalue weighted by Crippen LogP contribution is -1.80. The van der Waals surface area contributed by atoms with E-state index in [1.807, 2.05) is 6.92 Å². The molecule has 0 N–H and O–H groups in total. The van der Waals surface area contributed by atoms with E-state index in [4.69, 9.17) is 0 Å². The van der Waals surface area contributed by atoms with Crippen LogP contribution in [0.3, 0.4) is 0 Å². The fraction of sp³-hybridized carbons (Fsp3) is 0.0833. The highest BCUT2D eigenvalue weighted by Crippen LogP contribution is 1.81. The van der Waals surface area contributed by atoms with Gasteiger partial charge in [0.15, 0.2) is 5.78 Å². The maximum atomic E-state index is 10.3. The minimum Gasteiger partial charge on any atom is -0.290 e. The molecule has 70 valence electrons. The second-order valence-electron chi connectivity index (χ2n) is 2.25. The van der Waals surface area contributed by atoms with Crippen molar-refractivity contribution in [3.8, 4) is 0 Å². The summed E-state index contributed by atoms with van der Waals surface area (Å²) >= 11 is 0. The highest BCUT2D eigenvalue weighted by atomic mass is 16.1. The Kier molecular flexibility index (Phi) is 11.1. The molecule has 0 atom stereocenters. The first-order valence-electron chi connectivity index (χ1n) is 3.82. The van der Waals surface area contributed by atoms with Gasteiger partial charge in [0.25, 0.3) is 0 Å². The quantitative estimate of drug-likeness (QED) is 0.474. The Morgan fingerprint density at radius 2 is 1.62 bits per heavy atom. The van der Waals surface area contributed by atoms with Crippen LogP contribution in [0.4, 0.5) is 0 Å². The van der Waals surface area contributed by atoms with E-state index < -0.39 is 0 Å². The van der Waals surface area contributed by atoms with Crippen LogP contribution in [0, 0.1) is 0 Å². The molecule has 0 amide bonds. The molecule has 0 aliphatic rings. The number of carbonyl (C=O) groups excluding carboxylic acids is 1. The Balaban J connectivity index is 0. The zero-order chi connectivity index (χ0) is 10.7. The number of allylic oxidation sites excluding steroid dienone is 6. The summed E-state index contributed by atoms with van der Waals surface area (Å²) in [5.74, 6) is -0.0927. The lowest BCUT2D eigenvalue weighted by Gasteiger charge is -1.73. The predicted octanol–water partition coefficient (Wildman–Crippen LogP) is 3.23. The molecule has 13 heavy (non-hydrogen) atoms. The molecule has 0 aliphatic carbocycles. The summed E-state index contributed by atoms with van der Waals surface area (Å²) in [6.45, 7) is 15.6. The van der Waals surface area contributed by atoms with Gasteiger partial charge in [0.05, 0.1) is 0 Å². The molecule has 0 rings (SSSR count). The van der Waals surface area contributed by atoms with Crippen molar-refractivity contribution in [3.63, 3.8) is 0 Å². The lowest BCUT2D eigenvalue weighted by molar-refractivity contribution is -0.110. The van der Waals surface area contributed by atoms with Crippen LogP contribution in [-0.2, 0) is 4.79 Å². The Labute approximate surface area is 80.5 Å².